The SMILES string of the molecule is CC[C@H]1O[C@H](Oc2ccc(Br)cc2C(C)C)[C@@](C)(OC(C)=O)[C@@H](OC(C)=O)[C@@H]1C.CC[C@H]1O[C@H](Oc2ccc(Br)cc2C)[C@@](C)(OC(C)=O)[C@@H](OC(C)=O)[C@@H]1C. The number of hydrogen-bond donors (Lipinski definition) is 0. The van der Waals surface area contributed by atoms with Gasteiger partial charge in [0.15, 0.2) is 12.2 Å². The Balaban J connectivity index is 0.000000301. The van der Waals surface area contributed by atoms with Crippen molar-refractivity contribution in [3.63, 3.8) is 0 Å². The van der Waals surface area contributed by atoms with Crippen LogP contribution in [0.3, 0.4) is 0 Å². The number of esters is 4. The number of rotatable bonds is 11. The largest absolute Gasteiger partial charge is 0.460 e. The standard InChI is InChI=1S/C22H31BrO6.C20H27BrO6/c1-8-18-13(4)20(26-14(5)24)22(7,29-15(6)25)21(27-18)28-19-10-9-16(23)11-17(19)12(2)3;1-7-16-12(3)18(24-13(4)22)20(6,27-14(5)23)19(25-16)26-17-9-8-15(21)10-11(17)2/h9-13,18,20-21H,8H2,1-7H3;8-10,12,16,18-19H,7H2,1-6H3/t13-,18-,20+,21-,22+;12-,16-,18+,19-,20+/m11/s1. The Kier molecular flexibility index (Phi) is 16.8. The van der Waals surface area contributed by atoms with Crippen LogP contribution in [0.2, 0.25) is 0 Å². The first-order valence-electron chi connectivity index (χ1n) is 19.0. The number of carbonyl (C=O) groups is 4. The highest BCUT2D eigenvalue weighted by molar-refractivity contribution is 9.10. The summed E-state index contributed by atoms with van der Waals surface area (Å²) < 4.78 is 49.3. The zero-order chi connectivity index (χ0) is 42.3. The van der Waals surface area contributed by atoms with Crippen LogP contribution in [-0.2, 0) is 47.6 Å². The second-order valence-corrected chi connectivity index (χ2v) is 17.0. The summed E-state index contributed by atoms with van der Waals surface area (Å²) in [5, 5.41) is 0. The van der Waals surface area contributed by atoms with Gasteiger partial charge in [0.05, 0.1) is 12.2 Å². The first-order chi connectivity index (χ1) is 26.1. The van der Waals surface area contributed by atoms with E-state index < -0.39 is 59.9 Å². The van der Waals surface area contributed by atoms with E-state index in [1.165, 1.54) is 27.7 Å². The van der Waals surface area contributed by atoms with Crippen molar-refractivity contribution in [3.05, 3.63) is 56.5 Å². The lowest BCUT2D eigenvalue weighted by molar-refractivity contribution is -0.305. The molecule has 56 heavy (non-hydrogen) atoms. The summed E-state index contributed by atoms with van der Waals surface area (Å²) in [5.74, 6) is -0.786. The van der Waals surface area contributed by atoms with Gasteiger partial charge < -0.3 is 37.9 Å². The predicted octanol–water partition coefficient (Wildman–Crippen LogP) is 9.14. The molecule has 0 bridgehead atoms. The van der Waals surface area contributed by atoms with Crippen molar-refractivity contribution in [2.75, 3.05) is 0 Å². The van der Waals surface area contributed by atoms with Crippen LogP contribution in [0.5, 0.6) is 11.5 Å². The van der Waals surface area contributed by atoms with E-state index in [-0.39, 0.29) is 30.0 Å². The smallest absolute Gasteiger partial charge is 0.303 e. The van der Waals surface area contributed by atoms with E-state index in [2.05, 4.69) is 45.7 Å². The molecule has 0 aliphatic carbocycles. The fourth-order valence-corrected chi connectivity index (χ4v) is 8.31. The average molecular weight is 915 g/mol. The molecule has 0 aromatic heterocycles. The Labute approximate surface area is 348 Å². The minimum atomic E-state index is -1.30. The van der Waals surface area contributed by atoms with E-state index in [1.54, 1.807) is 13.8 Å². The maximum Gasteiger partial charge on any atom is 0.303 e. The molecule has 0 amide bonds. The van der Waals surface area contributed by atoms with Crippen LogP contribution in [-0.4, -0.2) is 72.1 Å². The van der Waals surface area contributed by atoms with E-state index in [0.717, 1.165) is 20.1 Å². The van der Waals surface area contributed by atoms with Crippen LogP contribution in [0.1, 0.15) is 113 Å². The maximum atomic E-state index is 11.9. The molecule has 2 aromatic carbocycles. The quantitative estimate of drug-likeness (QED) is 0.157. The summed E-state index contributed by atoms with van der Waals surface area (Å²) >= 11 is 6.92. The van der Waals surface area contributed by atoms with Gasteiger partial charge in [0.1, 0.15) is 11.5 Å². The maximum absolute atomic E-state index is 11.9. The molecule has 2 fully saturated rings. The summed E-state index contributed by atoms with van der Waals surface area (Å²) in [6.45, 7) is 22.6. The summed E-state index contributed by atoms with van der Waals surface area (Å²) in [4.78, 5) is 47.3. The Hall–Kier alpha value is -3.20. The topological polar surface area (TPSA) is 142 Å². The highest BCUT2D eigenvalue weighted by Gasteiger charge is 2.59. The highest BCUT2D eigenvalue weighted by Crippen LogP contribution is 2.43. The van der Waals surface area contributed by atoms with E-state index in [0.29, 0.717) is 24.3 Å². The van der Waals surface area contributed by atoms with Gasteiger partial charge in [-0.2, -0.15) is 0 Å². The van der Waals surface area contributed by atoms with Crippen LogP contribution in [0.4, 0.5) is 0 Å². The lowest BCUT2D eigenvalue weighted by atomic mass is 9.81. The molecule has 0 saturated carbocycles. The third-order valence-electron chi connectivity index (χ3n) is 10.1. The van der Waals surface area contributed by atoms with Crippen LogP contribution < -0.4 is 9.47 Å². The monoisotopic (exact) mass is 912 g/mol. The van der Waals surface area contributed by atoms with Crippen LogP contribution in [0, 0.1) is 18.8 Å². The molecule has 12 nitrogen and oxygen atoms in total. The van der Waals surface area contributed by atoms with Gasteiger partial charge in [-0.1, -0.05) is 73.4 Å². The molecule has 2 aliphatic heterocycles. The number of hydrogen-bond acceptors (Lipinski definition) is 12. The molecule has 312 valence electrons. The molecule has 0 spiro atoms. The molecule has 10 atom stereocenters. The second-order valence-electron chi connectivity index (χ2n) is 15.1. The molecule has 2 aliphatic rings. The van der Waals surface area contributed by atoms with E-state index in [4.69, 9.17) is 37.9 Å². The summed E-state index contributed by atoms with van der Waals surface area (Å²) in [7, 11) is 0. The number of halogens is 2. The van der Waals surface area contributed by atoms with Crippen molar-refractivity contribution in [2.45, 2.75) is 157 Å². The molecule has 4 rings (SSSR count). The van der Waals surface area contributed by atoms with Gasteiger partial charge in [-0.25, -0.2) is 0 Å². The minimum absolute atomic E-state index is 0.172. The van der Waals surface area contributed by atoms with Crippen LogP contribution in [0.25, 0.3) is 0 Å². The lowest BCUT2D eigenvalue weighted by Gasteiger charge is -2.50. The molecule has 2 heterocycles. The van der Waals surface area contributed by atoms with E-state index in [9.17, 15) is 19.2 Å². The number of ether oxygens (including phenoxy) is 8. The first kappa shape index (κ1) is 47.2. The Bertz CT molecular complexity index is 1700. The van der Waals surface area contributed by atoms with Crippen molar-refractivity contribution in [1.82, 2.24) is 0 Å². The van der Waals surface area contributed by atoms with Crippen molar-refractivity contribution in [2.24, 2.45) is 11.8 Å². The third-order valence-corrected chi connectivity index (χ3v) is 11.1. The van der Waals surface area contributed by atoms with Gasteiger partial charge in [-0.15, -0.1) is 0 Å². The molecular formula is C42H58Br2O12. The molecule has 0 radical (unpaired) electrons. The van der Waals surface area contributed by atoms with Crippen molar-refractivity contribution < 1.29 is 57.1 Å². The number of carbonyl (C=O) groups excluding carboxylic acids is 4. The van der Waals surface area contributed by atoms with E-state index in [1.807, 2.05) is 71.0 Å². The van der Waals surface area contributed by atoms with Gasteiger partial charge in [0, 0.05) is 48.5 Å². The lowest BCUT2D eigenvalue weighted by Crippen LogP contribution is -2.65. The van der Waals surface area contributed by atoms with Crippen molar-refractivity contribution in [1.29, 1.82) is 0 Å². The third kappa shape index (κ3) is 11.5. The highest BCUT2D eigenvalue weighted by atomic mass is 79.9. The fourth-order valence-electron chi connectivity index (χ4n) is 7.45. The zero-order valence-corrected chi connectivity index (χ0v) is 37.9. The van der Waals surface area contributed by atoms with Gasteiger partial charge in [0.2, 0.25) is 23.8 Å². The Morgan fingerprint density at radius 2 is 1.07 bits per heavy atom. The van der Waals surface area contributed by atoms with Gasteiger partial charge in [0.25, 0.3) is 0 Å². The van der Waals surface area contributed by atoms with Crippen molar-refractivity contribution in [3.8, 4) is 11.5 Å². The second kappa shape index (κ2) is 20.0. The van der Waals surface area contributed by atoms with Crippen LogP contribution in [0.15, 0.2) is 45.3 Å². The number of aryl methyl sites for hydroxylation is 1. The Morgan fingerprint density at radius 1 is 0.679 bits per heavy atom. The predicted molar refractivity (Wildman–Crippen MR) is 216 cm³/mol. The molecule has 2 aromatic rings. The molecule has 2 saturated heterocycles. The van der Waals surface area contributed by atoms with Crippen molar-refractivity contribution >= 4 is 55.7 Å². The number of benzene rings is 2. The fraction of sp³-hybridized carbons (Fsp3) is 0.619. The molecular weight excluding hydrogens is 856 g/mol. The van der Waals surface area contributed by atoms with Gasteiger partial charge in [-0.05, 0) is 87.1 Å². The summed E-state index contributed by atoms with van der Waals surface area (Å²) in [6.07, 6.45) is -2.28. The Morgan fingerprint density at radius 3 is 1.43 bits per heavy atom. The molecule has 0 N–H and O–H groups in total. The zero-order valence-electron chi connectivity index (χ0n) is 34.7. The van der Waals surface area contributed by atoms with E-state index >= 15 is 0 Å². The molecule has 14 heteroatoms. The normalized spacial score (nSPS) is 29.9. The van der Waals surface area contributed by atoms with Crippen LogP contribution >= 0.6 is 31.9 Å². The first-order valence-corrected chi connectivity index (χ1v) is 20.6. The van der Waals surface area contributed by atoms with Gasteiger partial charge >= 0.3 is 23.9 Å². The average Bonchev–Trinajstić information content (AvgIpc) is 3.08. The minimum Gasteiger partial charge on any atom is -0.460 e. The summed E-state index contributed by atoms with van der Waals surface area (Å²) in [5.41, 5.74) is -0.704. The summed E-state index contributed by atoms with van der Waals surface area (Å²) in [6, 6.07) is 11.3. The van der Waals surface area contributed by atoms with Gasteiger partial charge in [-0.3, -0.25) is 19.2 Å². The molecule has 0 unspecified atom stereocenters.